The largest absolute Gasteiger partial charge is 0.446 e. The van der Waals surface area contributed by atoms with Gasteiger partial charge in [0, 0.05) is 0 Å². The summed E-state index contributed by atoms with van der Waals surface area (Å²) in [5.41, 5.74) is 4.79. The lowest BCUT2D eigenvalue weighted by molar-refractivity contribution is 0.188. The maximum absolute atomic E-state index is 8.75. The van der Waals surface area contributed by atoms with Crippen LogP contribution in [0, 0.1) is 0 Å². The van der Waals surface area contributed by atoms with Crippen molar-refractivity contribution < 1.29 is 9.52 Å². The summed E-state index contributed by atoms with van der Waals surface area (Å²) in [6.07, 6.45) is 2.78. The third kappa shape index (κ3) is 1.17. The molecule has 4 nitrogen and oxygen atoms in total. The average Bonchev–Trinajstić information content (AvgIpc) is 2.38. The van der Waals surface area contributed by atoms with Crippen LogP contribution in [0.5, 0.6) is 0 Å². The van der Waals surface area contributed by atoms with Crippen LogP contribution < -0.4 is 5.73 Å². The number of aromatic nitrogens is 1. The summed E-state index contributed by atoms with van der Waals surface area (Å²) in [5.74, 6) is 0.495. The lowest BCUT2D eigenvalue weighted by atomic mass is 10.0. The number of nitrogens with zero attached hydrogens (tertiary/aromatic N) is 1. The van der Waals surface area contributed by atoms with E-state index in [1.807, 2.05) is 0 Å². The van der Waals surface area contributed by atoms with E-state index < -0.39 is 5.54 Å². The minimum absolute atomic E-state index is 0.151. The molecular formula is C6H10N2O2. The van der Waals surface area contributed by atoms with Gasteiger partial charge in [-0.05, 0) is 6.92 Å². The predicted octanol–water partition coefficient (Wildman–Crippen LogP) is -0.159. The summed E-state index contributed by atoms with van der Waals surface area (Å²) >= 11 is 0. The van der Waals surface area contributed by atoms with Crippen molar-refractivity contribution in [1.82, 2.24) is 4.98 Å². The second-order valence-corrected chi connectivity index (χ2v) is 2.44. The standard InChI is InChI=1S/C6H10N2O2/c1-6(7,3-9)5-2-8-4-10-5/h2,4,9H,3,7H2,1H3. The first-order chi connectivity index (χ1) is 4.67. The van der Waals surface area contributed by atoms with E-state index in [9.17, 15) is 0 Å². The van der Waals surface area contributed by atoms with Crippen molar-refractivity contribution >= 4 is 0 Å². The maximum Gasteiger partial charge on any atom is 0.180 e. The SMILES string of the molecule is CC(N)(CO)c1cnco1. The second kappa shape index (κ2) is 2.40. The molecule has 4 heteroatoms. The third-order valence-corrected chi connectivity index (χ3v) is 1.32. The average molecular weight is 142 g/mol. The van der Waals surface area contributed by atoms with Gasteiger partial charge in [-0.1, -0.05) is 0 Å². The van der Waals surface area contributed by atoms with Crippen molar-refractivity contribution in [2.45, 2.75) is 12.5 Å². The maximum atomic E-state index is 8.75. The van der Waals surface area contributed by atoms with Gasteiger partial charge < -0.3 is 15.3 Å². The number of aliphatic hydroxyl groups excluding tert-OH is 1. The summed E-state index contributed by atoms with van der Waals surface area (Å²) in [6.45, 7) is 1.52. The molecule has 0 aliphatic heterocycles. The first-order valence-corrected chi connectivity index (χ1v) is 2.95. The van der Waals surface area contributed by atoms with E-state index in [2.05, 4.69) is 4.98 Å². The Morgan fingerprint density at radius 2 is 2.60 bits per heavy atom. The van der Waals surface area contributed by atoms with Gasteiger partial charge >= 0.3 is 0 Å². The summed E-state index contributed by atoms with van der Waals surface area (Å²) in [4.78, 5) is 3.68. The first kappa shape index (κ1) is 7.24. The zero-order valence-electron chi connectivity index (χ0n) is 5.74. The van der Waals surface area contributed by atoms with Crippen LogP contribution in [-0.4, -0.2) is 16.7 Å². The molecule has 0 saturated carbocycles. The minimum Gasteiger partial charge on any atom is -0.446 e. The Morgan fingerprint density at radius 3 is 3.00 bits per heavy atom. The highest BCUT2D eigenvalue weighted by atomic mass is 16.3. The monoisotopic (exact) mass is 142 g/mol. The number of aliphatic hydroxyl groups is 1. The number of oxazole rings is 1. The van der Waals surface area contributed by atoms with Gasteiger partial charge in [0.2, 0.25) is 0 Å². The Balaban J connectivity index is 2.85. The number of rotatable bonds is 2. The Bertz CT molecular complexity index is 194. The molecule has 0 spiro atoms. The molecule has 0 aliphatic carbocycles. The van der Waals surface area contributed by atoms with Crippen LogP contribution in [0.4, 0.5) is 0 Å². The minimum atomic E-state index is -0.809. The van der Waals surface area contributed by atoms with Crippen LogP contribution in [0.15, 0.2) is 17.0 Å². The second-order valence-electron chi connectivity index (χ2n) is 2.44. The van der Waals surface area contributed by atoms with E-state index in [0.29, 0.717) is 5.76 Å². The quantitative estimate of drug-likeness (QED) is 0.601. The van der Waals surface area contributed by atoms with Gasteiger partial charge in [0.05, 0.1) is 18.3 Å². The van der Waals surface area contributed by atoms with Gasteiger partial charge in [-0.25, -0.2) is 4.98 Å². The molecule has 1 unspecified atom stereocenters. The van der Waals surface area contributed by atoms with E-state index in [0.717, 1.165) is 0 Å². The summed E-state index contributed by atoms with van der Waals surface area (Å²) in [6, 6.07) is 0. The Kier molecular flexibility index (Phi) is 1.74. The molecule has 0 saturated heterocycles. The molecule has 1 atom stereocenters. The van der Waals surface area contributed by atoms with Crippen LogP contribution in [0.1, 0.15) is 12.7 Å². The lowest BCUT2D eigenvalue weighted by Gasteiger charge is -2.16. The highest BCUT2D eigenvalue weighted by Crippen LogP contribution is 2.14. The van der Waals surface area contributed by atoms with Crippen LogP contribution in [0.25, 0.3) is 0 Å². The lowest BCUT2D eigenvalue weighted by Crippen LogP contribution is -2.36. The van der Waals surface area contributed by atoms with Crippen molar-refractivity contribution in [3.8, 4) is 0 Å². The van der Waals surface area contributed by atoms with Gasteiger partial charge in [0.15, 0.2) is 6.39 Å². The molecule has 0 aliphatic rings. The van der Waals surface area contributed by atoms with E-state index in [1.165, 1.54) is 12.6 Å². The Labute approximate surface area is 58.7 Å². The molecule has 0 fully saturated rings. The summed E-state index contributed by atoms with van der Waals surface area (Å²) in [7, 11) is 0. The molecule has 1 rings (SSSR count). The normalized spacial score (nSPS) is 16.7. The highest BCUT2D eigenvalue weighted by Gasteiger charge is 2.23. The molecule has 3 N–H and O–H groups in total. The molecule has 0 amide bonds. The van der Waals surface area contributed by atoms with E-state index in [1.54, 1.807) is 6.92 Å². The predicted molar refractivity (Wildman–Crippen MR) is 35.1 cm³/mol. The third-order valence-electron chi connectivity index (χ3n) is 1.32. The van der Waals surface area contributed by atoms with Crippen molar-refractivity contribution in [2.24, 2.45) is 5.73 Å². The van der Waals surface area contributed by atoms with Crippen molar-refractivity contribution in [1.29, 1.82) is 0 Å². The summed E-state index contributed by atoms with van der Waals surface area (Å²) in [5, 5.41) is 8.75. The molecular weight excluding hydrogens is 132 g/mol. The fourth-order valence-corrected chi connectivity index (χ4v) is 0.576. The number of nitrogens with two attached hydrogens (primary N) is 1. The van der Waals surface area contributed by atoms with E-state index in [-0.39, 0.29) is 6.61 Å². The van der Waals surface area contributed by atoms with Gasteiger partial charge in [-0.15, -0.1) is 0 Å². The first-order valence-electron chi connectivity index (χ1n) is 2.95. The molecule has 56 valence electrons. The van der Waals surface area contributed by atoms with Gasteiger partial charge in [0.1, 0.15) is 5.76 Å². The zero-order valence-corrected chi connectivity index (χ0v) is 5.74. The zero-order chi connectivity index (χ0) is 7.61. The fourth-order valence-electron chi connectivity index (χ4n) is 0.576. The highest BCUT2D eigenvalue weighted by molar-refractivity contribution is 5.04. The van der Waals surface area contributed by atoms with Gasteiger partial charge in [0.25, 0.3) is 0 Å². The topological polar surface area (TPSA) is 72.3 Å². The van der Waals surface area contributed by atoms with Crippen molar-refractivity contribution in [3.05, 3.63) is 18.4 Å². The van der Waals surface area contributed by atoms with Crippen LogP contribution in [0.2, 0.25) is 0 Å². The fraction of sp³-hybridized carbons (Fsp3) is 0.500. The number of hydrogen-bond donors (Lipinski definition) is 2. The van der Waals surface area contributed by atoms with E-state index >= 15 is 0 Å². The van der Waals surface area contributed by atoms with Gasteiger partial charge in [-0.2, -0.15) is 0 Å². The van der Waals surface area contributed by atoms with Crippen molar-refractivity contribution in [2.75, 3.05) is 6.61 Å². The molecule has 1 heterocycles. The molecule has 10 heavy (non-hydrogen) atoms. The Morgan fingerprint density at radius 1 is 1.90 bits per heavy atom. The van der Waals surface area contributed by atoms with Crippen LogP contribution >= 0.6 is 0 Å². The summed E-state index contributed by atoms with van der Waals surface area (Å²) < 4.78 is 4.89. The molecule has 1 aromatic rings. The molecule has 0 bridgehead atoms. The Hall–Kier alpha value is -0.870. The van der Waals surface area contributed by atoms with E-state index in [4.69, 9.17) is 15.3 Å². The molecule has 0 aromatic carbocycles. The molecule has 0 radical (unpaired) electrons. The van der Waals surface area contributed by atoms with Crippen LogP contribution in [0.3, 0.4) is 0 Å². The van der Waals surface area contributed by atoms with Gasteiger partial charge in [-0.3, -0.25) is 0 Å². The van der Waals surface area contributed by atoms with Crippen LogP contribution in [-0.2, 0) is 5.54 Å². The number of hydrogen-bond acceptors (Lipinski definition) is 4. The smallest absolute Gasteiger partial charge is 0.180 e. The molecule has 1 aromatic heterocycles. The van der Waals surface area contributed by atoms with Crippen molar-refractivity contribution in [3.63, 3.8) is 0 Å².